The van der Waals surface area contributed by atoms with Gasteiger partial charge in [0.2, 0.25) is 11.8 Å². The highest BCUT2D eigenvalue weighted by Crippen LogP contribution is 2.20. The van der Waals surface area contributed by atoms with Gasteiger partial charge in [-0.3, -0.25) is 4.68 Å². The number of hydrogen-bond donors (Lipinski definition) is 1. The van der Waals surface area contributed by atoms with E-state index < -0.39 is 0 Å². The molecule has 0 saturated carbocycles. The molecule has 0 aromatic carbocycles. The molecule has 2 aromatic heterocycles. The van der Waals surface area contributed by atoms with E-state index in [9.17, 15) is 0 Å². The maximum absolute atomic E-state index is 5.61. The zero-order chi connectivity index (χ0) is 12.3. The Morgan fingerprint density at radius 3 is 2.88 bits per heavy atom. The second kappa shape index (κ2) is 4.82. The van der Waals surface area contributed by atoms with Crippen LogP contribution in [0.4, 0.5) is 5.95 Å². The van der Waals surface area contributed by atoms with Gasteiger partial charge in [-0.1, -0.05) is 0 Å². The molecule has 0 bridgehead atoms. The largest absolute Gasteiger partial charge is 0.436 e. The number of nitrogens with one attached hydrogen (secondary N) is 1. The Kier molecular flexibility index (Phi) is 3.22. The molecule has 0 aliphatic heterocycles. The number of anilines is 1. The summed E-state index contributed by atoms with van der Waals surface area (Å²) in [6.07, 6.45) is 3.50. The lowest BCUT2D eigenvalue weighted by atomic mass is 10.4. The van der Waals surface area contributed by atoms with Gasteiger partial charge in [0.05, 0.1) is 12.4 Å². The van der Waals surface area contributed by atoms with Gasteiger partial charge < -0.3 is 10.1 Å². The van der Waals surface area contributed by atoms with Gasteiger partial charge in [0.1, 0.15) is 0 Å². The standard InChI is InChI=1S/C11H15N5O/c1-4-16-7-9(6-13-16)17-10-5-8(2)14-11(12-3)15-10/h5-7H,4H2,1-3H3,(H,12,14,15). The monoisotopic (exact) mass is 233 g/mol. The van der Waals surface area contributed by atoms with Crippen molar-refractivity contribution in [2.24, 2.45) is 0 Å². The Hall–Kier alpha value is -2.11. The molecule has 0 radical (unpaired) electrons. The topological polar surface area (TPSA) is 64.9 Å². The number of ether oxygens (including phenoxy) is 1. The third-order valence-electron chi connectivity index (χ3n) is 2.21. The van der Waals surface area contributed by atoms with Crippen LogP contribution in [0.1, 0.15) is 12.6 Å². The summed E-state index contributed by atoms with van der Waals surface area (Å²) in [6, 6.07) is 1.78. The lowest BCUT2D eigenvalue weighted by Crippen LogP contribution is -1.99. The van der Waals surface area contributed by atoms with Crippen LogP contribution in [0.3, 0.4) is 0 Å². The minimum atomic E-state index is 0.512. The van der Waals surface area contributed by atoms with Crippen LogP contribution in [-0.4, -0.2) is 26.8 Å². The molecule has 6 nitrogen and oxygen atoms in total. The van der Waals surface area contributed by atoms with Gasteiger partial charge in [-0.25, -0.2) is 4.98 Å². The fourth-order valence-corrected chi connectivity index (χ4v) is 1.39. The van der Waals surface area contributed by atoms with E-state index >= 15 is 0 Å². The van der Waals surface area contributed by atoms with Crippen LogP contribution in [0, 0.1) is 6.92 Å². The third-order valence-corrected chi connectivity index (χ3v) is 2.21. The van der Waals surface area contributed by atoms with Crippen molar-refractivity contribution in [2.45, 2.75) is 20.4 Å². The first-order valence-electron chi connectivity index (χ1n) is 5.45. The van der Waals surface area contributed by atoms with Crippen molar-refractivity contribution in [1.82, 2.24) is 19.7 Å². The molecule has 0 atom stereocenters. The summed E-state index contributed by atoms with van der Waals surface area (Å²) in [7, 11) is 1.77. The van der Waals surface area contributed by atoms with Gasteiger partial charge in [-0.15, -0.1) is 0 Å². The van der Waals surface area contributed by atoms with Crippen molar-refractivity contribution < 1.29 is 4.74 Å². The molecule has 0 aliphatic carbocycles. The molecular formula is C11H15N5O. The van der Waals surface area contributed by atoms with E-state index in [2.05, 4.69) is 20.4 Å². The van der Waals surface area contributed by atoms with E-state index in [1.54, 1.807) is 24.0 Å². The highest BCUT2D eigenvalue weighted by atomic mass is 16.5. The molecule has 17 heavy (non-hydrogen) atoms. The molecule has 0 spiro atoms. The van der Waals surface area contributed by atoms with Crippen LogP contribution >= 0.6 is 0 Å². The van der Waals surface area contributed by atoms with Crippen molar-refractivity contribution in [3.63, 3.8) is 0 Å². The van der Waals surface area contributed by atoms with Crippen molar-refractivity contribution in [3.05, 3.63) is 24.2 Å². The van der Waals surface area contributed by atoms with Crippen molar-refractivity contribution in [3.8, 4) is 11.6 Å². The number of hydrogen-bond acceptors (Lipinski definition) is 5. The minimum Gasteiger partial charge on any atom is -0.436 e. The SMILES string of the molecule is CCn1cc(Oc2cc(C)nc(NC)n2)cn1. The van der Waals surface area contributed by atoms with E-state index in [4.69, 9.17) is 4.74 Å². The van der Waals surface area contributed by atoms with Gasteiger partial charge >= 0.3 is 0 Å². The maximum Gasteiger partial charge on any atom is 0.225 e. The Bertz CT molecular complexity index is 508. The predicted octanol–water partition coefficient (Wildman–Crippen LogP) is 1.84. The average Bonchev–Trinajstić information content (AvgIpc) is 2.76. The van der Waals surface area contributed by atoms with Crippen molar-refractivity contribution in [2.75, 3.05) is 12.4 Å². The molecule has 2 rings (SSSR count). The van der Waals surface area contributed by atoms with E-state index in [-0.39, 0.29) is 0 Å². The zero-order valence-corrected chi connectivity index (χ0v) is 10.1. The molecule has 6 heteroatoms. The molecule has 1 N–H and O–H groups in total. The molecule has 90 valence electrons. The Balaban J connectivity index is 2.20. The smallest absolute Gasteiger partial charge is 0.225 e. The minimum absolute atomic E-state index is 0.512. The Morgan fingerprint density at radius 2 is 2.24 bits per heavy atom. The Morgan fingerprint density at radius 1 is 1.41 bits per heavy atom. The van der Waals surface area contributed by atoms with E-state index in [0.29, 0.717) is 17.6 Å². The summed E-state index contributed by atoms with van der Waals surface area (Å²) in [5.74, 6) is 1.73. The molecule has 0 saturated heterocycles. The summed E-state index contributed by atoms with van der Waals surface area (Å²) in [5, 5.41) is 7.02. The lowest BCUT2D eigenvalue weighted by molar-refractivity contribution is 0.460. The summed E-state index contributed by atoms with van der Waals surface area (Å²) < 4.78 is 7.40. The normalized spacial score (nSPS) is 10.3. The third kappa shape index (κ3) is 2.72. The molecule has 0 aliphatic rings. The fourth-order valence-electron chi connectivity index (χ4n) is 1.39. The average molecular weight is 233 g/mol. The number of aryl methyl sites for hydroxylation is 2. The van der Waals surface area contributed by atoms with Crippen LogP contribution in [0.25, 0.3) is 0 Å². The molecular weight excluding hydrogens is 218 g/mol. The molecule has 2 aromatic rings. The highest BCUT2D eigenvalue weighted by molar-refractivity contribution is 5.31. The number of nitrogens with zero attached hydrogens (tertiary/aromatic N) is 4. The van der Waals surface area contributed by atoms with Gasteiger partial charge in [0, 0.05) is 25.4 Å². The Labute approximate surface area is 99.7 Å². The van der Waals surface area contributed by atoms with Gasteiger partial charge in [-0.2, -0.15) is 10.1 Å². The van der Waals surface area contributed by atoms with Gasteiger partial charge in [-0.05, 0) is 13.8 Å². The van der Waals surface area contributed by atoms with Crippen LogP contribution in [0.15, 0.2) is 18.5 Å². The highest BCUT2D eigenvalue weighted by Gasteiger charge is 2.04. The van der Waals surface area contributed by atoms with Crippen molar-refractivity contribution in [1.29, 1.82) is 0 Å². The second-order valence-corrected chi connectivity index (χ2v) is 3.55. The molecule has 0 unspecified atom stereocenters. The number of rotatable bonds is 4. The van der Waals surface area contributed by atoms with E-state index in [1.807, 2.05) is 20.0 Å². The molecule has 2 heterocycles. The summed E-state index contributed by atoms with van der Waals surface area (Å²) in [5.41, 5.74) is 0.849. The summed E-state index contributed by atoms with van der Waals surface area (Å²) >= 11 is 0. The number of aromatic nitrogens is 4. The first-order chi connectivity index (χ1) is 8.21. The summed E-state index contributed by atoms with van der Waals surface area (Å²) in [4.78, 5) is 8.39. The summed E-state index contributed by atoms with van der Waals surface area (Å²) in [6.45, 7) is 4.73. The van der Waals surface area contributed by atoms with Crippen LogP contribution in [0.5, 0.6) is 11.6 Å². The fraction of sp³-hybridized carbons (Fsp3) is 0.364. The van der Waals surface area contributed by atoms with Crippen LogP contribution in [0.2, 0.25) is 0 Å². The van der Waals surface area contributed by atoms with Gasteiger partial charge in [0.25, 0.3) is 0 Å². The van der Waals surface area contributed by atoms with Gasteiger partial charge in [0.15, 0.2) is 5.75 Å². The van der Waals surface area contributed by atoms with E-state index in [0.717, 1.165) is 12.2 Å². The molecule has 0 amide bonds. The second-order valence-electron chi connectivity index (χ2n) is 3.55. The maximum atomic E-state index is 5.61. The van der Waals surface area contributed by atoms with Crippen molar-refractivity contribution >= 4 is 5.95 Å². The zero-order valence-electron chi connectivity index (χ0n) is 10.1. The van der Waals surface area contributed by atoms with Crippen LogP contribution in [-0.2, 0) is 6.54 Å². The first-order valence-corrected chi connectivity index (χ1v) is 5.45. The predicted molar refractivity (Wildman–Crippen MR) is 64.3 cm³/mol. The van der Waals surface area contributed by atoms with E-state index in [1.165, 1.54) is 0 Å². The lowest BCUT2D eigenvalue weighted by Gasteiger charge is -2.05. The van der Waals surface area contributed by atoms with Crippen LogP contribution < -0.4 is 10.1 Å². The molecule has 0 fully saturated rings. The quantitative estimate of drug-likeness (QED) is 0.872. The first kappa shape index (κ1) is 11.4.